The summed E-state index contributed by atoms with van der Waals surface area (Å²) in [6.07, 6.45) is 5.73. The third kappa shape index (κ3) is 2.56. The Morgan fingerprint density at radius 2 is 2.06 bits per heavy atom. The summed E-state index contributed by atoms with van der Waals surface area (Å²) in [5, 5.41) is 0. The van der Waals surface area contributed by atoms with Crippen LogP contribution < -0.4 is 0 Å². The molecule has 1 heteroatoms. The van der Waals surface area contributed by atoms with Gasteiger partial charge in [0.2, 0.25) is 0 Å². The molecule has 0 saturated carbocycles. The monoisotopic (exact) mass is 222 g/mol. The molecule has 0 N–H and O–H groups in total. The maximum atomic E-state index is 11.5. The Kier molecular flexibility index (Phi) is 3.66. The molecule has 0 spiro atoms. The van der Waals surface area contributed by atoms with Gasteiger partial charge in [0.1, 0.15) is 5.78 Å². The molecule has 0 radical (unpaired) electrons. The van der Waals surface area contributed by atoms with Gasteiger partial charge in [0, 0.05) is 5.41 Å². The van der Waals surface area contributed by atoms with Crippen LogP contribution >= 0.6 is 0 Å². The Labute approximate surface area is 100 Å². The Hall–Kier alpha value is -0.590. The predicted molar refractivity (Wildman–Crippen MR) is 69.3 cm³/mol. The van der Waals surface area contributed by atoms with Crippen molar-refractivity contribution < 1.29 is 4.79 Å². The second kappa shape index (κ2) is 4.35. The van der Waals surface area contributed by atoms with Gasteiger partial charge in [0.15, 0.2) is 0 Å². The SMILES string of the molecule is CC(=O)C(C)(C)CCC1CC=C(C)C1(C)C. The second-order valence-electron chi connectivity index (χ2n) is 6.52. The summed E-state index contributed by atoms with van der Waals surface area (Å²) in [4.78, 5) is 11.5. The highest BCUT2D eigenvalue weighted by Gasteiger charge is 2.36. The molecule has 0 amide bonds. The molecule has 0 saturated heterocycles. The molecule has 0 aromatic rings. The first-order valence-corrected chi connectivity index (χ1v) is 6.36. The summed E-state index contributed by atoms with van der Waals surface area (Å²) in [5.74, 6) is 1.03. The van der Waals surface area contributed by atoms with Crippen LogP contribution in [0.3, 0.4) is 0 Å². The van der Waals surface area contributed by atoms with Gasteiger partial charge in [-0.05, 0) is 44.4 Å². The standard InChI is InChI=1S/C15H26O/c1-11-7-8-13(15(11,5)6)9-10-14(3,4)12(2)16/h7,13H,8-10H2,1-6H3. The van der Waals surface area contributed by atoms with Crippen LogP contribution in [0.5, 0.6) is 0 Å². The lowest BCUT2D eigenvalue weighted by atomic mass is 9.72. The smallest absolute Gasteiger partial charge is 0.135 e. The van der Waals surface area contributed by atoms with Crippen LogP contribution in [0.15, 0.2) is 11.6 Å². The fraction of sp³-hybridized carbons (Fsp3) is 0.800. The molecule has 0 aliphatic heterocycles. The van der Waals surface area contributed by atoms with Crippen molar-refractivity contribution >= 4 is 5.78 Å². The van der Waals surface area contributed by atoms with Crippen LogP contribution in [-0.4, -0.2) is 5.78 Å². The number of Topliss-reactive ketones (excluding diaryl/α,β-unsaturated/α-hetero) is 1. The van der Waals surface area contributed by atoms with Gasteiger partial charge >= 0.3 is 0 Å². The molecule has 92 valence electrons. The summed E-state index contributed by atoms with van der Waals surface area (Å²) in [7, 11) is 0. The minimum Gasteiger partial charge on any atom is -0.299 e. The van der Waals surface area contributed by atoms with Crippen LogP contribution in [0.25, 0.3) is 0 Å². The zero-order chi connectivity index (χ0) is 12.6. The van der Waals surface area contributed by atoms with Crippen molar-refractivity contribution in [2.45, 2.75) is 60.8 Å². The van der Waals surface area contributed by atoms with Gasteiger partial charge in [-0.25, -0.2) is 0 Å². The van der Waals surface area contributed by atoms with E-state index in [4.69, 9.17) is 0 Å². The number of rotatable bonds is 4. The van der Waals surface area contributed by atoms with Crippen LogP contribution in [0.4, 0.5) is 0 Å². The third-order valence-electron chi connectivity index (χ3n) is 4.82. The van der Waals surface area contributed by atoms with Crippen LogP contribution in [-0.2, 0) is 4.79 Å². The Balaban J connectivity index is 2.56. The van der Waals surface area contributed by atoms with Crippen molar-refractivity contribution in [1.82, 2.24) is 0 Å². The average Bonchev–Trinajstić information content (AvgIpc) is 2.39. The lowest BCUT2D eigenvalue weighted by molar-refractivity contribution is -0.125. The minimum absolute atomic E-state index is 0.146. The summed E-state index contributed by atoms with van der Waals surface area (Å²) >= 11 is 0. The average molecular weight is 222 g/mol. The largest absolute Gasteiger partial charge is 0.299 e. The van der Waals surface area contributed by atoms with E-state index >= 15 is 0 Å². The molecule has 16 heavy (non-hydrogen) atoms. The van der Waals surface area contributed by atoms with Gasteiger partial charge < -0.3 is 0 Å². The first kappa shape index (κ1) is 13.5. The third-order valence-corrected chi connectivity index (χ3v) is 4.82. The number of ketones is 1. The highest BCUT2D eigenvalue weighted by Crippen LogP contribution is 2.46. The number of hydrogen-bond donors (Lipinski definition) is 0. The highest BCUT2D eigenvalue weighted by molar-refractivity contribution is 5.81. The molecule has 0 aromatic carbocycles. The molecule has 1 aliphatic carbocycles. The minimum atomic E-state index is -0.146. The van der Waals surface area contributed by atoms with E-state index < -0.39 is 0 Å². The summed E-state index contributed by atoms with van der Waals surface area (Å²) in [5.41, 5.74) is 1.69. The quantitative estimate of drug-likeness (QED) is 0.645. The lowest BCUT2D eigenvalue weighted by Gasteiger charge is -2.32. The predicted octanol–water partition coefficient (Wildman–Crippen LogP) is 4.37. The Morgan fingerprint density at radius 3 is 2.44 bits per heavy atom. The van der Waals surface area contributed by atoms with E-state index in [2.05, 4.69) is 40.7 Å². The van der Waals surface area contributed by atoms with Gasteiger partial charge in [0.05, 0.1) is 0 Å². The summed E-state index contributed by atoms with van der Waals surface area (Å²) in [6, 6.07) is 0. The topological polar surface area (TPSA) is 17.1 Å². The van der Waals surface area contributed by atoms with E-state index in [-0.39, 0.29) is 5.41 Å². The molecule has 0 aromatic heterocycles. The van der Waals surface area contributed by atoms with E-state index in [0.717, 1.165) is 12.8 Å². The van der Waals surface area contributed by atoms with Crippen molar-refractivity contribution in [3.63, 3.8) is 0 Å². The van der Waals surface area contributed by atoms with Crippen LogP contribution in [0.1, 0.15) is 60.8 Å². The number of carbonyl (C=O) groups is 1. The number of hydrogen-bond acceptors (Lipinski definition) is 1. The van der Waals surface area contributed by atoms with Gasteiger partial charge in [-0.3, -0.25) is 4.79 Å². The maximum absolute atomic E-state index is 11.5. The van der Waals surface area contributed by atoms with E-state index in [1.807, 2.05) is 0 Å². The molecule has 1 aliphatic rings. The molecular formula is C15H26O. The van der Waals surface area contributed by atoms with Gasteiger partial charge in [-0.15, -0.1) is 0 Å². The van der Waals surface area contributed by atoms with Crippen LogP contribution in [0.2, 0.25) is 0 Å². The molecule has 0 fully saturated rings. The van der Waals surface area contributed by atoms with Gasteiger partial charge in [0.25, 0.3) is 0 Å². The Morgan fingerprint density at radius 1 is 1.50 bits per heavy atom. The first-order valence-electron chi connectivity index (χ1n) is 6.36. The highest BCUT2D eigenvalue weighted by atomic mass is 16.1. The normalized spacial score (nSPS) is 24.4. The van der Waals surface area contributed by atoms with Crippen molar-refractivity contribution in [1.29, 1.82) is 0 Å². The van der Waals surface area contributed by atoms with Crippen molar-refractivity contribution in [3.8, 4) is 0 Å². The van der Waals surface area contributed by atoms with Crippen molar-refractivity contribution in [3.05, 3.63) is 11.6 Å². The second-order valence-corrected chi connectivity index (χ2v) is 6.52. The number of allylic oxidation sites excluding steroid dienone is 2. The van der Waals surface area contributed by atoms with Crippen molar-refractivity contribution in [2.24, 2.45) is 16.7 Å². The molecule has 1 rings (SSSR count). The van der Waals surface area contributed by atoms with E-state index in [9.17, 15) is 4.79 Å². The summed E-state index contributed by atoms with van der Waals surface area (Å²) in [6.45, 7) is 12.7. The maximum Gasteiger partial charge on any atom is 0.135 e. The fourth-order valence-corrected chi connectivity index (χ4v) is 2.39. The van der Waals surface area contributed by atoms with E-state index in [1.54, 1.807) is 6.92 Å². The molecular weight excluding hydrogens is 196 g/mol. The molecule has 0 bridgehead atoms. The first-order chi connectivity index (χ1) is 7.18. The van der Waals surface area contributed by atoms with E-state index in [0.29, 0.717) is 17.1 Å². The zero-order valence-electron chi connectivity index (χ0n) is 11.7. The molecule has 1 atom stereocenters. The fourth-order valence-electron chi connectivity index (χ4n) is 2.39. The molecule has 0 heterocycles. The van der Waals surface area contributed by atoms with Gasteiger partial charge in [-0.1, -0.05) is 39.3 Å². The molecule has 1 unspecified atom stereocenters. The zero-order valence-corrected chi connectivity index (χ0v) is 11.7. The number of carbonyl (C=O) groups excluding carboxylic acids is 1. The Bertz CT molecular complexity index is 307. The van der Waals surface area contributed by atoms with Gasteiger partial charge in [-0.2, -0.15) is 0 Å². The molecule has 1 nitrogen and oxygen atoms in total. The lowest BCUT2D eigenvalue weighted by Crippen LogP contribution is -2.26. The van der Waals surface area contributed by atoms with Crippen molar-refractivity contribution in [2.75, 3.05) is 0 Å². The van der Waals surface area contributed by atoms with Crippen LogP contribution in [0, 0.1) is 16.7 Å². The summed E-state index contributed by atoms with van der Waals surface area (Å²) < 4.78 is 0. The van der Waals surface area contributed by atoms with E-state index in [1.165, 1.54) is 12.0 Å².